The Morgan fingerprint density at radius 3 is 0.740 bits per heavy atom. The van der Waals surface area contributed by atoms with Crippen LogP contribution in [0.3, 0.4) is 0 Å². The minimum absolute atomic E-state index is 0.106. The maximum atomic E-state index is 13.1. The highest BCUT2D eigenvalue weighted by Crippen LogP contribution is 2.45. The van der Waals surface area contributed by atoms with Crippen molar-refractivity contribution in [2.45, 2.75) is 419 Å². The molecule has 4 unspecified atom stereocenters. The van der Waals surface area contributed by atoms with E-state index in [1.54, 1.807) is 0 Å². The van der Waals surface area contributed by atoms with E-state index < -0.39 is 97.5 Å². The molecule has 0 bridgehead atoms. The fourth-order valence-electron chi connectivity index (χ4n) is 11.8. The van der Waals surface area contributed by atoms with Crippen molar-refractivity contribution in [3.05, 3.63) is 0 Å². The molecule has 3 N–H and O–H groups in total. The van der Waals surface area contributed by atoms with Gasteiger partial charge in [-0.1, -0.05) is 350 Å². The van der Waals surface area contributed by atoms with Crippen LogP contribution in [0.2, 0.25) is 0 Å². The lowest BCUT2D eigenvalue weighted by molar-refractivity contribution is -0.161. The van der Waals surface area contributed by atoms with Gasteiger partial charge in [-0.3, -0.25) is 37.3 Å². The number of rotatable bonds is 76. The number of phosphoric ester groups is 2. The Balaban J connectivity index is 5.26. The molecule has 0 rings (SSSR count). The van der Waals surface area contributed by atoms with Gasteiger partial charge in [0.05, 0.1) is 26.4 Å². The second-order valence-corrected chi connectivity index (χ2v) is 31.1. The molecule has 0 radical (unpaired) electrons. The average Bonchev–Trinajstić information content (AvgIpc) is 1.25. The molecular formula is C77H150O17P2. The van der Waals surface area contributed by atoms with Gasteiger partial charge < -0.3 is 33.8 Å². The van der Waals surface area contributed by atoms with Gasteiger partial charge in [0.1, 0.15) is 19.3 Å². The zero-order chi connectivity index (χ0) is 70.7. The van der Waals surface area contributed by atoms with Gasteiger partial charge in [-0.2, -0.15) is 0 Å². The summed E-state index contributed by atoms with van der Waals surface area (Å²) in [6, 6.07) is 0. The van der Waals surface area contributed by atoms with E-state index in [-0.39, 0.29) is 25.7 Å². The fraction of sp³-hybridized carbons (Fsp3) is 0.948. The van der Waals surface area contributed by atoms with Crippen LogP contribution in [-0.2, 0) is 65.4 Å². The monoisotopic (exact) mass is 1410 g/mol. The third-order valence-electron chi connectivity index (χ3n) is 18.7. The zero-order valence-corrected chi connectivity index (χ0v) is 64.5. The predicted octanol–water partition coefficient (Wildman–Crippen LogP) is 22.7. The van der Waals surface area contributed by atoms with Gasteiger partial charge in [0.25, 0.3) is 0 Å². The Bertz CT molecular complexity index is 1860. The largest absolute Gasteiger partial charge is 0.472 e. The quantitative estimate of drug-likeness (QED) is 0.0222. The standard InChI is InChI=1S/C77H150O17P2/c1-7-11-13-15-17-19-21-23-25-26-28-30-32-37-41-49-55-61-76(81)93-72(65-87-74(79)59-53-47-40-36-31-29-27-24-22-20-18-16-14-12-8-2)67-91-95(83,84)89-63-71(78)64-90-96(85,86)92-68-73(66-88-75(80)60-54-48-44-43-46-52-58-70(6)10-4)94-77(82)62-56-50-42-38-34-33-35-39-45-51-57-69(5)9-3/h69-73,78H,7-68H2,1-6H3,(H,83,84)(H,85,86)/t69?,70?,71-,72-,73-/m1/s1. The first-order valence-corrected chi connectivity index (χ1v) is 43.1. The maximum Gasteiger partial charge on any atom is 0.472 e. The highest BCUT2D eigenvalue weighted by Gasteiger charge is 2.30. The molecule has 0 spiro atoms. The average molecular weight is 1410 g/mol. The molecule has 0 fully saturated rings. The molecule has 0 saturated carbocycles. The van der Waals surface area contributed by atoms with Crippen molar-refractivity contribution in [3.63, 3.8) is 0 Å². The SMILES string of the molecule is CCCCCCCCCCCCCCCCCCCC(=O)O[C@H](COC(=O)CCCCCCCCCCCCCCCCC)COP(=O)(O)OC[C@@H](O)COP(=O)(O)OC[C@@H](COC(=O)CCCCCCCCC(C)CC)OC(=O)CCCCCCCCCCCCC(C)CC. The minimum Gasteiger partial charge on any atom is -0.462 e. The topological polar surface area (TPSA) is 237 Å². The van der Waals surface area contributed by atoms with Crippen molar-refractivity contribution >= 4 is 39.5 Å². The molecule has 0 aliphatic carbocycles. The zero-order valence-electron chi connectivity index (χ0n) is 62.7. The van der Waals surface area contributed by atoms with Gasteiger partial charge in [0.2, 0.25) is 0 Å². The van der Waals surface area contributed by atoms with E-state index in [2.05, 4.69) is 41.5 Å². The lowest BCUT2D eigenvalue weighted by Gasteiger charge is -2.21. The van der Waals surface area contributed by atoms with Crippen molar-refractivity contribution < 1.29 is 80.2 Å². The van der Waals surface area contributed by atoms with Crippen molar-refractivity contribution in [3.8, 4) is 0 Å². The number of unbranched alkanes of at least 4 members (excludes halogenated alkanes) is 44. The Morgan fingerprint density at radius 2 is 0.500 bits per heavy atom. The molecule has 570 valence electrons. The van der Waals surface area contributed by atoms with Crippen molar-refractivity contribution in [2.75, 3.05) is 39.6 Å². The summed E-state index contributed by atoms with van der Waals surface area (Å²) < 4.78 is 68.6. The van der Waals surface area contributed by atoms with Gasteiger partial charge in [-0.15, -0.1) is 0 Å². The van der Waals surface area contributed by atoms with Gasteiger partial charge >= 0.3 is 39.5 Å². The molecular weight excluding hydrogens is 1260 g/mol. The molecule has 0 aliphatic heterocycles. The van der Waals surface area contributed by atoms with Crippen LogP contribution in [0, 0.1) is 11.8 Å². The number of hydrogen-bond donors (Lipinski definition) is 3. The highest BCUT2D eigenvalue weighted by molar-refractivity contribution is 7.47. The van der Waals surface area contributed by atoms with Crippen molar-refractivity contribution in [1.29, 1.82) is 0 Å². The van der Waals surface area contributed by atoms with Gasteiger partial charge in [0.15, 0.2) is 12.2 Å². The molecule has 0 aromatic carbocycles. The lowest BCUT2D eigenvalue weighted by atomic mass is 9.99. The molecule has 17 nitrogen and oxygen atoms in total. The third-order valence-corrected chi connectivity index (χ3v) is 20.6. The second kappa shape index (κ2) is 68.8. The van der Waals surface area contributed by atoms with E-state index >= 15 is 0 Å². The fourth-order valence-corrected chi connectivity index (χ4v) is 13.3. The van der Waals surface area contributed by atoms with Crippen molar-refractivity contribution in [1.82, 2.24) is 0 Å². The summed E-state index contributed by atoms with van der Waals surface area (Å²) in [5.74, 6) is -0.580. The number of esters is 4. The normalized spacial score (nSPS) is 14.6. The molecule has 7 atom stereocenters. The Labute approximate surface area is 588 Å². The number of ether oxygens (including phenoxy) is 4. The van der Waals surface area contributed by atoms with Crippen LogP contribution >= 0.6 is 15.6 Å². The van der Waals surface area contributed by atoms with Crippen LogP contribution in [0.25, 0.3) is 0 Å². The predicted molar refractivity (Wildman–Crippen MR) is 391 cm³/mol. The minimum atomic E-state index is -4.96. The Hall–Kier alpha value is -1.94. The Morgan fingerprint density at radius 1 is 0.292 bits per heavy atom. The van der Waals surface area contributed by atoms with Gasteiger partial charge in [-0.05, 0) is 37.5 Å². The van der Waals surface area contributed by atoms with E-state index in [4.69, 9.17) is 37.0 Å². The Kier molecular flexibility index (Phi) is 67.4. The van der Waals surface area contributed by atoms with Crippen LogP contribution in [-0.4, -0.2) is 96.7 Å². The number of phosphoric acid groups is 2. The first kappa shape index (κ1) is 94.1. The summed E-state index contributed by atoms with van der Waals surface area (Å²) >= 11 is 0. The molecule has 0 aliphatic rings. The van der Waals surface area contributed by atoms with Gasteiger partial charge in [0, 0.05) is 25.7 Å². The summed E-state index contributed by atoms with van der Waals surface area (Å²) in [5, 5.41) is 10.6. The van der Waals surface area contributed by atoms with Crippen LogP contribution in [0.4, 0.5) is 0 Å². The van der Waals surface area contributed by atoms with Crippen LogP contribution < -0.4 is 0 Å². The molecule has 0 heterocycles. The molecule has 19 heteroatoms. The molecule has 0 saturated heterocycles. The molecule has 0 aromatic rings. The third kappa shape index (κ3) is 67.9. The van der Waals surface area contributed by atoms with E-state index in [1.807, 2.05) is 0 Å². The van der Waals surface area contributed by atoms with E-state index in [0.29, 0.717) is 25.7 Å². The summed E-state index contributed by atoms with van der Waals surface area (Å²) in [7, 11) is -9.91. The summed E-state index contributed by atoms with van der Waals surface area (Å²) in [4.78, 5) is 72.9. The second-order valence-electron chi connectivity index (χ2n) is 28.2. The van der Waals surface area contributed by atoms with E-state index in [9.17, 15) is 43.2 Å². The van der Waals surface area contributed by atoms with Crippen molar-refractivity contribution in [2.24, 2.45) is 11.8 Å². The highest BCUT2D eigenvalue weighted by atomic mass is 31.2. The molecule has 0 aromatic heterocycles. The number of aliphatic hydroxyl groups is 1. The van der Waals surface area contributed by atoms with Crippen LogP contribution in [0.1, 0.15) is 401 Å². The van der Waals surface area contributed by atoms with E-state index in [1.165, 1.54) is 212 Å². The lowest BCUT2D eigenvalue weighted by Crippen LogP contribution is -2.30. The first-order valence-electron chi connectivity index (χ1n) is 40.1. The number of carbonyl (C=O) groups excluding carboxylic acids is 4. The van der Waals surface area contributed by atoms with Gasteiger partial charge in [-0.25, -0.2) is 9.13 Å². The van der Waals surface area contributed by atoms with Crippen LogP contribution in [0.5, 0.6) is 0 Å². The molecule has 96 heavy (non-hydrogen) atoms. The summed E-state index contributed by atoms with van der Waals surface area (Å²) in [6.45, 7) is 9.60. The first-order chi connectivity index (χ1) is 46.4. The summed E-state index contributed by atoms with van der Waals surface area (Å²) in [6.07, 6.45) is 56.8. The summed E-state index contributed by atoms with van der Waals surface area (Å²) in [5.41, 5.74) is 0. The number of hydrogen-bond acceptors (Lipinski definition) is 15. The molecule has 0 amide bonds. The smallest absolute Gasteiger partial charge is 0.462 e. The number of aliphatic hydroxyl groups excluding tert-OH is 1. The van der Waals surface area contributed by atoms with E-state index in [0.717, 1.165) is 108 Å². The van der Waals surface area contributed by atoms with Crippen LogP contribution in [0.15, 0.2) is 0 Å². The number of carbonyl (C=O) groups is 4. The maximum absolute atomic E-state index is 13.1.